The number of hydrogen-bond donors (Lipinski definition) is 3. The lowest BCUT2D eigenvalue weighted by atomic mass is 10.4. The summed E-state index contributed by atoms with van der Waals surface area (Å²) in [4.78, 5) is 14.5. The van der Waals surface area contributed by atoms with Crippen LogP contribution in [-0.2, 0) is 10.0 Å². The zero-order valence-electron chi connectivity index (χ0n) is 9.16. The van der Waals surface area contributed by atoms with E-state index in [1.807, 2.05) is 0 Å². The number of carboxylic acid groups (broad SMARTS) is 1. The first-order valence-electron chi connectivity index (χ1n) is 4.81. The van der Waals surface area contributed by atoms with Gasteiger partial charge in [-0.25, -0.2) is 9.78 Å². The summed E-state index contributed by atoms with van der Waals surface area (Å²) in [7, 11) is -4.10. The molecule has 0 unspecified atom stereocenters. The van der Waals surface area contributed by atoms with Gasteiger partial charge in [-0.05, 0) is 12.1 Å². The number of nitrogens with one attached hydrogen (secondary N) is 2. The molecule has 8 nitrogen and oxygen atoms in total. The summed E-state index contributed by atoms with van der Waals surface area (Å²) in [6.07, 6.45) is 2.22. The van der Waals surface area contributed by atoms with Gasteiger partial charge in [-0.15, -0.1) is 0 Å². The summed E-state index contributed by atoms with van der Waals surface area (Å²) >= 11 is 5.62. The van der Waals surface area contributed by atoms with Gasteiger partial charge in [0.1, 0.15) is 10.7 Å². The third-order valence-electron chi connectivity index (χ3n) is 2.08. The van der Waals surface area contributed by atoms with Crippen LogP contribution in [0.4, 0.5) is 5.69 Å². The van der Waals surface area contributed by atoms with Crippen LogP contribution >= 0.6 is 11.6 Å². The first-order valence-corrected chi connectivity index (χ1v) is 6.67. The van der Waals surface area contributed by atoms with E-state index in [4.69, 9.17) is 16.7 Å². The van der Waals surface area contributed by atoms with Crippen molar-refractivity contribution < 1.29 is 18.3 Å². The van der Waals surface area contributed by atoms with Crippen molar-refractivity contribution in [2.45, 2.75) is 5.03 Å². The lowest BCUT2D eigenvalue weighted by molar-refractivity contribution is 0.0692. The predicted octanol–water partition coefficient (Wildman–Crippen LogP) is 0.957. The molecule has 0 aromatic carbocycles. The lowest BCUT2D eigenvalue weighted by Gasteiger charge is -2.06. The van der Waals surface area contributed by atoms with Crippen LogP contribution < -0.4 is 4.72 Å². The van der Waals surface area contributed by atoms with Crippen LogP contribution in [0.3, 0.4) is 0 Å². The average molecular weight is 303 g/mol. The average Bonchev–Trinajstić information content (AvgIpc) is 2.77. The molecule has 0 aliphatic heterocycles. The van der Waals surface area contributed by atoms with Gasteiger partial charge in [-0.2, -0.15) is 13.5 Å². The second-order valence-electron chi connectivity index (χ2n) is 3.39. The summed E-state index contributed by atoms with van der Waals surface area (Å²) < 4.78 is 26.2. The fraction of sp³-hybridized carbons (Fsp3) is 0. The normalized spacial score (nSPS) is 11.2. The number of halogens is 1. The molecule has 19 heavy (non-hydrogen) atoms. The molecule has 0 amide bonds. The molecule has 2 aromatic heterocycles. The monoisotopic (exact) mass is 302 g/mol. The predicted molar refractivity (Wildman–Crippen MR) is 65.6 cm³/mol. The number of rotatable bonds is 4. The topological polar surface area (TPSA) is 125 Å². The number of anilines is 1. The van der Waals surface area contributed by atoms with Gasteiger partial charge in [-0.1, -0.05) is 11.6 Å². The van der Waals surface area contributed by atoms with Gasteiger partial charge in [-0.3, -0.25) is 9.82 Å². The smallest absolute Gasteiger partial charge is 0.340 e. The van der Waals surface area contributed by atoms with Crippen molar-refractivity contribution in [1.29, 1.82) is 0 Å². The van der Waals surface area contributed by atoms with Gasteiger partial charge in [0.2, 0.25) is 0 Å². The maximum atomic E-state index is 12.0. The Balaban J connectivity index is 2.38. The highest BCUT2D eigenvalue weighted by Crippen LogP contribution is 2.18. The number of sulfonamides is 1. The Labute approximate surface area is 112 Å². The third kappa shape index (κ3) is 2.83. The molecule has 2 heterocycles. The number of carbonyl (C=O) groups is 1. The van der Waals surface area contributed by atoms with Crippen molar-refractivity contribution in [3.63, 3.8) is 0 Å². The van der Waals surface area contributed by atoms with Crippen molar-refractivity contribution in [3.05, 3.63) is 35.2 Å². The van der Waals surface area contributed by atoms with Crippen molar-refractivity contribution in [3.8, 4) is 0 Å². The van der Waals surface area contributed by atoms with Crippen LogP contribution in [0.1, 0.15) is 10.4 Å². The van der Waals surface area contributed by atoms with Crippen LogP contribution in [-0.4, -0.2) is 34.7 Å². The van der Waals surface area contributed by atoms with Crippen LogP contribution in [0.2, 0.25) is 5.15 Å². The highest BCUT2D eigenvalue weighted by molar-refractivity contribution is 7.92. The number of aromatic nitrogens is 3. The standard InChI is InChI=1S/C9H7ClN4O4S/c10-7-3-5(1-2-11-7)14-19(17,18)8-6(9(15)16)4-12-13-8/h1-4H,(H,11,14)(H,12,13)(H,15,16). The van der Waals surface area contributed by atoms with Gasteiger partial charge in [0.25, 0.3) is 10.0 Å². The largest absolute Gasteiger partial charge is 0.478 e. The molecule has 2 aromatic rings. The maximum absolute atomic E-state index is 12.0. The van der Waals surface area contributed by atoms with E-state index in [-0.39, 0.29) is 10.8 Å². The Hall–Kier alpha value is -2.13. The summed E-state index contributed by atoms with van der Waals surface area (Å²) in [5, 5.41) is 13.9. The first kappa shape index (κ1) is 13.3. The summed E-state index contributed by atoms with van der Waals surface area (Å²) in [5.74, 6) is -1.40. The third-order valence-corrected chi connectivity index (χ3v) is 3.64. The fourth-order valence-electron chi connectivity index (χ4n) is 1.30. The molecule has 2 rings (SSSR count). The maximum Gasteiger partial charge on any atom is 0.340 e. The van der Waals surface area contributed by atoms with Gasteiger partial charge in [0, 0.05) is 6.20 Å². The number of H-pyrrole nitrogens is 1. The van der Waals surface area contributed by atoms with Crippen LogP contribution in [0.25, 0.3) is 0 Å². The lowest BCUT2D eigenvalue weighted by Crippen LogP contribution is -2.16. The molecule has 3 N–H and O–H groups in total. The van der Waals surface area contributed by atoms with E-state index in [0.29, 0.717) is 0 Å². The van der Waals surface area contributed by atoms with E-state index in [0.717, 1.165) is 6.20 Å². The van der Waals surface area contributed by atoms with E-state index in [1.165, 1.54) is 18.3 Å². The Morgan fingerprint density at radius 3 is 2.84 bits per heavy atom. The quantitative estimate of drug-likeness (QED) is 0.722. The van der Waals surface area contributed by atoms with Crippen molar-refractivity contribution >= 4 is 33.3 Å². The molecule has 10 heteroatoms. The summed E-state index contributed by atoms with van der Waals surface area (Å²) in [6, 6.07) is 2.66. The number of nitrogens with zero attached hydrogens (tertiary/aromatic N) is 2. The Morgan fingerprint density at radius 1 is 1.47 bits per heavy atom. The second-order valence-corrected chi connectivity index (χ2v) is 5.40. The van der Waals surface area contributed by atoms with E-state index in [2.05, 4.69) is 19.9 Å². The van der Waals surface area contributed by atoms with E-state index in [1.54, 1.807) is 0 Å². The van der Waals surface area contributed by atoms with Crippen LogP contribution in [0.5, 0.6) is 0 Å². The van der Waals surface area contributed by atoms with Gasteiger partial charge < -0.3 is 5.11 Å². The van der Waals surface area contributed by atoms with Crippen molar-refractivity contribution in [2.24, 2.45) is 0 Å². The molecule has 0 fully saturated rings. The number of aromatic amines is 1. The molecule has 0 atom stereocenters. The molecule has 0 saturated carbocycles. The number of aromatic carboxylic acids is 1. The number of pyridine rings is 1. The Kier molecular flexibility index (Phi) is 3.40. The minimum Gasteiger partial charge on any atom is -0.478 e. The van der Waals surface area contributed by atoms with Gasteiger partial charge >= 0.3 is 5.97 Å². The molecular formula is C9H7ClN4O4S. The molecule has 0 radical (unpaired) electrons. The van der Waals surface area contributed by atoms with E-state index >= 15 is 0 Å². The minimum absolute atomic E-state index is 0.100. The fourth-order valence-corrected chi connectivity index (χ4v) is 2.62. The molecule has 0 aliphatic carbocycles. The zero-order valence-corrected chi connectivity index (χ0v) is 10.7. The molecule has 0 spiro atoms. The van der Waals surface area contributed by atoms with E-state index in [9.17, 15) is 13.2 Å². The Bertz CT molecular complexity index is 727. The second kappa shape index (κ2) is 4.86. The van der Waals surface area contributed by atoms with Gasteiger partial charge in [0.15, 0.2) is 5.03 Å². The summed E-state index contributed by atoms with van der Waals surface area (Å²) in [5.41, 5.74) is -0.293. The summed E-state index contributed by atoms with van der Waals surface area (Å²) in [6.45, 7) is 0. The van der Waals surface area contributed by atoms with Crippen molar-refractivity contribution in [2.75, 3.05) is 4.72 Å². The molecule has 0 bridgehead atoms. The number of hydrogen-bond acceptors (Lipinski definition) is 5. The Morgan fingerprint density at radius 2 is 2.21 bits per heavy atom. The van der Waals surface area contributed by atoms with Crippen molar-refractivity contribution in [1.82, 2.24) is 15.2 Å². The number of carboxylic acids is 1. The zero-order chi connectivity index (χ0) is 14.0. The van der Waals surface area contributed by atoms with E-state index < -0.39 is 26.6 Å². The molecule has 100 valence electrons. The first-order chi connectivity index (χ1) is 8.90. The van der Waals surface area contributed by atoms with Crippen LogP contribution in [0, 0.1) is 0 Å². The van der Waals surface area contributed by atoms with Gasteiger partial charge in [0.05, 0.1) is 11.9 Å². The minimum atomic E-state index is -4.10. The highest BCUT2D eigenvalue weighted by Gasteiger charge is 2.24. The molecule has 0 aliphatic rings. The molecule has 0 saturated heterocycles. The molecular weight excluding hydrogens is 296 g/mol. The van der Waals surface area contributed by atoms with Crippen LogP contribution in [0.15, 0.2) is 29.6 Å². The SMILES string of the molecule is O=C(O)c1cn[nH]c1S(=O)(=O)Nc1ccnc(Cl)c1. The highest BCUT2D eigenvalue weighted by atomic mass is 35.5.